The van der Waals surface area contributed by atoms with E-state index in [9.17, 15) is 13.2 Å². The first-order valence-electron chi connectivity index (χ1n) is 8.20. The number of amides is 1. The van der Waals surface area contributed by atoms with Gasteiger partial charge in [0, 0.05) is 5.56 Å². The molecule has 0 saturated carbocycles. The van der Waals surface area contributed by atoms with Gasteiger partial charge in [-0.1, -0.05) is 36.8 Å². The van der Waals surface area contributed by atoms with Crippen LogP contribution in [0.15, 0.2) is 47.4 Å². The molecule has 2 N–H and O–H groups in total. The summed E-state index contributed by atoms with van der Waals surface area (Å²) in [6.07, 6.45) is 0.740. The Hall–Kier alpha value is -2.18. The van der Waals surface area contributed by atoms with Crippen LogP contribution in [0, 0.1) is 13.8 Å². The number of nitrogens with one attached hydrogen (secondary N) is 2. The number of rotatable bonds is 6. The van der Waals surface area contributed by atoms with Crippen molar-refractivity contribution in [3.05, 3.63) is 64.7 Å². The van der Waals surface area contributed by atoms with E-state index in [0.717, 1.165) is 17.5 Å². The van der Waals surface area contributed by atoms with Gasteiger partial charge in [0.25, 0.3) is 5.91 Å². The predicted molar refractivity (Wildman–Crippen MR) is 99.1 cm³/mol. The standard InChI is InChI=1S/C19H24N2O3S/c1-5-18(17-10-9-13(2)11-14(17)3)21-19(22)15-7-6-8-16(12-15)25(23,24)20-4/h6-12,18,20H,5H2,1-4H3,(H,21,22). The van der Waals surface area contributed by atoms with Gasteiger partial charge in [-0.15, -0.1) is 0 Å². The van der Waals surface area contributed by atoms with Crippen LogP contribution in [0.25, 0.3) is 0 Å². The third-order valence-corrected chi connectivity index (χ3v) is 5.60. The second-order valence-electron chi connectivity index (χ2n) is 6.03. The highest BCUT2D eigenvalue weighted by Gasteiger charge is 2.18. The van der Waals surface area contributed by atoms with Gasteiger partial charge in [-0.25, -0.2) is 13.1 Å². The molecule has 1 unspecified atom stereocenters. The molecular formula is C19H24N2O3S. The first kappa shape index (κ1) is 19.1. The Morgan fingerprint density at radius 1 is 1.12 bits per heavy atom. The molecule has 5 nitrogen and oxygen atoms in total. The second kappa shape index (κ2) is 7.80. The maximum Gasteiger partial charge on any atom is 0.251 e. The largest absolute Gasteiger partial charge is 0.345 e. The number of carbonyl (C=O) groups excluding carboxylic acids is 1. The van der Waals surface area contributed by atoms with Crippen molar-refractivity contribution < 1.29 is 13.2 Å². The van der Waals surface area contributed by atoms with Gasteiger partial charge in [-0.05, 0) is 56.6 Å². The summed E-state index contributed by atoms with van der Waals surface area (Å²) in [5.41, 5.74) is 3.69. The lowest BCUT2D eigenvalue weighted by atomic mass is 9.97. The van der Waals surface area contributed by atoms with Crippen molar-refractivity contribution in [1.82, 2.24) is 10.0 Å². The van der Waals surface area contributed by atoms with Crippen molar-refractivity contribution in [2.45, 2.75) is 38.1 Å². The van der Waals surface area contributed by atoms with E-state index < -0.39 is 10.0 Å². The van der Waals surface area contributed by atoms with Crippen molar-refractivity contribution in [1.29, 1.82) is 0 Å². The van der Waals surface area contributed by atoms with E-state index in [1.54, 1.807) is 12.1 Å². The monoisotopic (exact) mass is 360 g/mol. The number of aryl methyl sites for hydroxylation is 2. The quantitative estimate of drug-likeness (QED) is 0.831. The highest BCUT2D eigenvalue weighted by molar-refractivity contribution is 7.89. The number of hydrogen-bond acceptors (Lipinski definition) is 3. The van der Waals surface area contributed by atoms with Crippen LogP contribution in [0.5, 0.6) is 0 Å². The fraction of sp³-hybridized carbons (Fsp3) is 0.316. The molecule has 0 aliphatic rings. The molecule has 0 radical (unpaired) electrons. The van der Waals surface area contributed by atoms with Gasteiger partial charge in [-0.3, -0.25) is 4.79 Å². The summed E-state index contributed by atoms with van der Waals surface area (Å²) in [6.45, 7) is 6.06. The lowest BCUT2D eigenvalue weighted by Gasteiger charge is -2.20. The molecule has 6 heteroatoms. The molecule has 2 aromatic rings. The van der Waals surface area contributed by atoms with E-state index in [1.807, 2.05) is 32.9 Å². The van der Waals surface area contributed by atoms with Crippen LogP contribution in [0.1, 0.15) is 46.4 Å². The van der Waals surface area contributed by atoms with Gasteiger partial charge in [0.1, 0.15) is 0 Å². The van der Waals surface area contributed by atoms with Gasteiger partial charge >= 0.3 is 0 Å². The van der Waals surface area contributed by atoms with Crippen LogP contribution in [0.2, 0.25) is 0 Å². The van der Waals surface area contributed by atoms with E-state index in [4.69, 9.17) is 0 Å². The minimum atomic E-state index is -3.58. The molecule has 0 bridgehead atoms. The first-order chi connectivity index (χ1) is 11.8. The minimum Gasteiger partial charge on any atom is -0.345 e. The summed E-state index contributed by atoms with van der Waals surface area (Å²) in [7, 11) is -2.24. The smallest absolute Gasteiger partial charge is 0.251 e. The summed E-state index contributed by atoms with van der Waals surface area (Å²) in [6, 6.07) is 12.0. The molecule has 25 heavy (non-hydrogen) atoms. The molecule has 0 aromatic heterocycles. The second-order valence-corrected chi connectivity index (χ2v) is 7.92. The molecular weight excluding hydrogens is 336 g/mol. The fourth-order valence-corrected chi connectivity index (χ4v) is 3.56. The van der Waals surface area contributed by atoms with E-state index in [2.05, 4.69) is 16.1 Å². The zero-order chi connectivity index (χ0) is 18.6. The third kappa shape index (κ3) is 4.46. The van der Waals surface area contributed by atoms with Crippen LogP contribution >= 0.6 is 0 Å². The molecule has 0 heterocycles. The topological polar surface area (TPSA) is 75.3 Å². The predicted octanol–water partition coefficient (Wildman–Crippen LogP) is 3.09. The molecule has 2 rings (SSSR count). The average molecular weight is 360 g/mol. The number of sulfonamides is 1. The highest BCUT2D eigenvalue weighted by Crippen LogP contribution is 2.22. The van der Waals surface area contributed by atoms with Gasteiger partial charge in [-0.2, -0.15) is 0 Å². The molecule has 0 aliphatic carbocycles. The molecule has 1 atom stereocenters. The zero-order valence-corrected chi connectivity index (χ0v) is 15.8. The van der Waals surface area contributed by atoms with Crippen molar-refractivity contribution in [2.75, 3.05) is 7.05 Å². The molecule has 0 fully saturated rings. The molecule has 0 aliphatic heterocycles. The Morgan fingerprint density at radius 3 is 2.44 bits per heavy atom. The molecule has 1 amide bonds. The van der Waals surface area contributed by atoms with Crippen LogP contribution in [-0.4, -0.2) is 21.4 Å². The highest BCUT2D eigenvalue weighted by atomic mass is 32.2. The number of benzene rings is 2. The van der Waals surface area contributed by atoms with Crippen LogP contribution in [-0.2, 0) is 10.0 Å². The fourth-order valence-electron chi connectivity index (χ4n) is 2.78. The van der Waals surface area contributed by atoms with Crippen molar-refractivity contribution in [3.63, 3.8) is 0 Å². The van der Waals surface area contributed by atoms with Gasteiger partial charge < -0.3 is 5.32 Å². The zero-order valence-electron chi connectivity index (χ0n) is 15.0. The Balaban J connectivity index is 2.27. The average Bonchev–Trinajstić information content (AvgIpc) is 2.60. The van der Waals surface area contributed by atoms with E-state index >= 15 is 0 Å². The summed E-state index contributed by atoms with van der Waals surface area (Å²) in [5, 5.41) is 3.00. The third-order valence-electron chi connectivity index (χ3n) is 4.19. The van der Waals surface area contributed by atoms with Gasteiger partial charge in [0.05, 0.1) is 10.9 Å². The first-order valence-corrected chi connectivity index (χ1v) is 9.68. The lowest BCUT2D eigenvalue weighted by Crippen LogP contribution is -2.29. The van der Waals surface area contributed by atoms with Gasteiger partial charge in [0.2, 0.25) is 10.0 Å². The summed E-state index contributed by atoms with van der Waals surface area (Å²) < 4.78 is 26.1. The van der Waals surface area contributed by atoms with Crippen molar-refractivity contribution >= 4 is 15.9 Å². The SMILES string of the molecule is CCC(NC(=O)c1cccc(S(=O)(=O)NC)c1)c1ccc(C)cc1C. The van der Waals surface area contributed by atoms with Crippen LogP contribution < -0.4 is 10.0 Å². The van der Waals surface area contributed by atoms with Crippen molar-refractivity contribution in [3.8, 4) is 0 Å². The Morgan fingerprint density at radius 2 is 1.84 bits per heavy atom. The number of hydrogen-bond donors (Lipinski definition) is 2. The normalized spacial score (nSPS) is 12.6. The lowest BCUT2D eigenvalue weighted by molar-refractivity contribution is 0.0935. The summed E-state index contributed by atoms with van der Waals surface area (Å²) in [4.78, 5) is 12.7. The van der Waals surface area contributed by atoms with E-state index in [0.29, 0.717) is 5.56 Å². The van der Waals surface area contributed by atoms with Gasteiger partial charge in [0.15, 0.2) is 0 Å². The molecule has 134 valence electrons. The number of carbonyl (C=O) groups is 1. The molecule has 2 aromatic carbocycles. The maximum absolute atomic E-state index is 12.6. The Bertz CT molecular complexity index is 876. The Kier molecular flexibility index (Phi) is 5.98. The van der Waals surface area contributed by atoms with Crippen LogP contribution in [0.3, 0.4) is 0 Å². The molecule has 0 spiro atoms. The molecule has 0 saturated heterocycles. The van der Waals surface area contributed by atoms with Crippen LogP contribution in [0.4, 0.5) is 0 Å². The minimum absolute atomic E-state index is 0.0715. The Labute approximate surface area is 149 Å². The van der Waals surface area contributed by atoms with E-state index in [1.165, 1.54) is 24.7 Å². The van der Waals surface area contributed by atoms with Crippen molar-refractivity contribution in [2.24, 2.45) is 0 Å². The maximum atomic E-state index is 12.6. The summed E-state index contributed by atoms with van der Waals surface area (Å²) >= 11 is 0. The summed E-state index contributed by atoms with van der Waals surface area (Å²) in [5.74, 6) is -0.292. The van der Waals surface area contributed by atoms with E-state index in [-0.39, 0.29) is 16.8 Å².